The Labute approximate surface area is 160 Å². The lowest BCUT2D eigenvalue weighted by Crippen LogP contribution is -2.54. The van der Waals surface area contributed by atoms with Crippen LogP contribution in [0.15, 0.2) is 30.3 Å². The van der Waals surface area contributed by atoms with Gasteiger partial charge in [0, 0.05) is 24.8 Å². The first-order valence-corrected chi connectivity index (χ1v) is 10.1. The molecule has 0 spiro atoms. The number of carbonyl (C=O) groups excluding carboxylic acids is 2. The van der Waals surface area contributed by atoms with Gasteiger partial charge in [-0.05, 0) is 51.4 Å². The van der Waals surface area contributed by atoms with Crippen LogP contribution >= 0.6 is 11.6 Å². The summed E-state index contributed by atoms with van der Waals surface area (Å²) in [7, 11) is 2.05. The van der Waals surface area contributed by atoms with Crippen molar-refractivity contribution in [3.63, 3.8) is 0 Å². The summed E-state index contributed by atoms with van der Waals surface area (Å²) in [5, 5.41) is 0. The van der Waals surface area contributed by atoms with E-state index in [2.05, 4.69) is 4.90 Å². The Balaban J connectivity index is 1.64. The van der Waals surface area contributed by atoms with E-state index in [4.69, 9.17) is 11.6 Å². The van der Waals surface area contributed by atoms with Gasteiger partial charge in [-0.1, -0.05) is 24.6 Å². The first kappa shape index (κ1) is 19.2. The van der Waals surface area contributed by atoms with E-state index in [9.17, 15) is 9.59 Å². The van der Waals surface area contributed by atoms with Crippen molar-refractivity contribution in [1.82, 2.24) is 9.80 Å². The molecular weight excluding hydrogens is 350 g/mol. The highest BCUT2D eigenvalue weighted by Gasteiger charge is 2.34. The van der Waals surface area contributed by atoms with Crippen LogP contribution in [0.5, 0.6) is 0 Å². The molecule has 1 unspecified atom stereocenters. The standard InChI is InChI=1S/C20H28ClN3O2/c1-22-12-6-5-9-18(22)20(26)23-13-10-17(11-14-23)24(19(25)15-21)16-7-3-2-4-8-16/h2-4,7-8,17-18H,5-6,9-15H2,1H3. The highest BCUT2D eigenvalue weighted by Crippen LogP contribution is 2.26. The van der Waals surface area contributed by atoms with E-state index in [1.165, 1.54) is 6.42 Å². The van der Waals surface area contributed by atoms with E-state index >= 15 is 0 Å². The number of rotatable bonds is 4. The highest BCUT2D eigenvalue weighted by molar-refractivity contribution is 6.29. The Morgan fingerprint density at radius 3 is 2.38 bits per heavy atom. The maximum Gasteiger partial charge on any atom is 0.242 e. The molecule has 2 aliphatic rings. The summed E-state index contributed by atoms with van der Waals surface area (Å²) in [6, 6.07) is 9.81. The highest BCUT2D eigenvalue weighted by atomic mass is 35.5. The largest absolute Gasteiger partial charge is 0.341 e. The Hall–Kier alpha value is -1.59. The van der Waals surface area contributed by atoms with Crippen molar-refractivity contribution >= 4 is 29.1 Å². The van der Waals surface area contributed by atoms with E-state index in [0.717, 1.165) is 37.9 Å². The molecule has 1 aromatic rings. The SMILES string of the molecule is CN1CCCCC1C(=O)N1CCC(N(C(=O)CCl)c2ccccc2)CC1. The summed E-state index contributed by atoms with van der Waals surface area (Å²) in [5.74, 6) is 0.149. The molecule has 2 aliphatic heterocycles. The third-order valence-corrected chi connectivity index (χ3v) is 5.84. The summed E-state index contributed by atoms with van der Waals surface area (Å²) in [5.41, 5.74) is 0.884. The molecule has 142 valence electrons. The maximum atomic E-state index is 12.9. The van der Waals surface area contributed by atoms with Crippen molar-refractivity contribution in [3.05, 3.63) is 30.3 Å². The fourth-order valence-electron chi connectivity index (χ4n) is 4.15. The van der Waals surface area contributed by atoms with E-state index in [0.29, 0.717) is 13.1 Å². The second-order valence-corrected chi connectivity index (χ2v) is 7.55. The molecule has 1 aromatic carbocycles. The molecule has 6 heteroatoms. The van der Waals surface area contributed by atoms with Gasteiger partial charge in [0.25, 0.3) is 0 Å². The van der Waals surface area contributed by atoms with Crippen molar-refractivity contribution in [1.29, 1.82) is 0 Å². The number of hydrogen-bond donors (Lipinski definition) is 0. The van der Waals surface area contributed by atoms with E-state index in [-0.39, 0.29) is 29.8 Å². The quantitative estimate of drug-likeness (QED) is 0.758. The molecule has 2 fully saturated rings. The monoisotopic (exact) mass is 377 g/mol. The average Bonchev–Trinajstić information content (AvgIpc) is 2.69. The van der Waals surface area contributed by atoms with E-state index in [1.54, 1.807) is 0 Å². The number of carbonyl (C=O) groups is 2. The third kappa shape index (κ3) is 4.21. The Bertz CT molecular complexity index is 617. The maximum absolute atomic E-state index is 12.9. The van der Waals surface area contributed by atoms with Gasteiger partial charge in [0.15, 0.2) is 0 Å². The minimum atomic E-state index is -0.0744. The number of hydrogen-bond acceptors (Lipinski definition) is 3. The molecule has 3 rings (SSSR count). The van der Waals surface area contributed by atoms with Crippen LogP contribution < -0.4 is 4.90 Å². The van der Waals surface area contributed by atoms with Crippen molar-refractivity contribution in [2.45, 2.75) is 44.2 Å². The number of amides is 2. The molecular formula is C20H28ClN3O2. The fraction of sp³-hybridized carbons (Fsp3) is 0.600. The molecule has 1 atom stereocenters. The van der Waals surface area contributed by atoms with Gasteiger partial charge in [0.05, 0.1) is 6.04 Å². The number of halogens is 1. The molecule has 0 aliphatic carbocycles. The molecule has 5 nitrogen and oxygen atoms in total. The smallest absolute Gasteiger partial charge is 0.242 e. The molecule has 0 aromatic heterocycles. The summed E-state index contributed by atoms with van der Waals surface area (Å²) >= 11 is 5.85. The number of benzene rings is 1. The number of anilines is 1. The second-order valence-electron chi connectivity index (χ2n) is 7.28. The van der Waals surface area contributed by atoms with Gasteiger partial charge in [-0.2, -0.15) is 0 Å². The average molecular weight is 378 g/mol. The summed E-state index contributed by atoms with van der Waals surface area (Å²) in [6.07, 6.45) is 4.84. The lowest BCUT2D eigenvalue weighted by molar-refractivity contribution is -0.138. The Morgan fingerprint density at radius 1 is 1.08 bits per heavy atom. The fourth-order valence-corrected chi connectivity index (χ4v) is 4.28. The van der Waals surface area contributed by atoms with Crippen LogP contribution in [0.4, 0.5) is 5.69 Å². The number of likely N-dealkylation sites (tertiary alicyclic amines) is 2. The zero-order chi connectivity index (χ0) is 18.5. The van der Waals surface area contributed by atoms with Crippen LogP contribution in [-0.2, 0) is 9.59 Å². The normalized spacial score (nSPS) is 22.2. The minimum absolute atomic E-state index is 0.0231. The predicted molar refractivity (Wildman–Crippen MR) is 105 cm³/mol. The molecule has 0 radical (unpaired) electrons. The molecule has 0 saturated carbocycles. The molecule has 26 heavy (non-hydrogen) atoms. The van der Waals surface area contributed by atoms with Crippen LogP contribution in [0.1, 0.15) is 32.1 Å². The zero-order valence-corrected chi connectivity index (χ0v) is 16.2. The first-order chi connectivity index (χ1) is 12.6. The second kappa shape index (κ2) is 8.87. The zero-order valence-electron chi connectivity index (χ0n) is 15.4. The number of likely N-dealkylation sites (N-methyl/N-ethyl adjacent to an activating group) is 1. The molecule has 2 heterocycles. The van der Waals surface area contributed by atoms with Gasteiger partial charge in [-0.25, -0.2) is 0 Å². The summed E-state index contributed by atoms with van der Waals surface area (Å²) < 4.78 is 0. The van der Waals surface area contributed by atoms with Crippen LogP contribution in [0, 0.1) is 0 Å². The predicted octanol–water partition coefficient (Wildman–Crippen LogP) is 2.73. The van der Waals surface area contributed by atoms with Gasteiger partial charge in [-0.15, -0.1) is 11.6 Å². The van der Waals surface area contributed by atoms with Crippen molar-refractivity contribution in [3.8, 4) is 0 Å². The summed E-state index contributed by atoms with van der Waals surface area (Å²) in [6.45, 7) is 2.40. The Kier molecular flexibility index (Phi) is 6.54. The lowest BCUT2D eigenvalue weighted by atomic mass is 9.98. The van der Waals surface area contributed by atoms with Gasteiger partial charge in [-0.3, -0.25) is 14.5 Å². The van der Waals surface area contributed by atoms with Gasteiger partial charge < -0.3 is 9.80 Å². The topological polar surface area (TPSA) is 43.9 Å². The first-order valence-electron chi connectivity index (χ1n) is 9.54. The molecule has 0 bridgehead atoms. The number of piperidine rings is 2. The number of para-hydroxylation sites is 1. The van der Waals surface area contributed by atoms with Gasteiger partial charge in [0.1, 0.15) is 5.88 Å². The minimum Gasteiger partial charge on any atom is -0.341 e. The molecule has 2 saturated heterocycles. The molecule has 0 N–H and O–H groups in total. The van der Waals surface area contributed by atoms with Gasteiger partial charge in [0.2, 0.25) is 11.8 Å². The van der Waals surface area contributed by atoms with E-state index in [1.807, 2.05) is 47.2 Å². The molecule has 2 amide bonds. The van der Waals surface area contributed by atoms with Crippen LogP contribution in [0.2, 0.25) is 0 Å². The van der Waals surface area contributed by atoms with Crippen molar-refractivity contribution < 1.29 is 9.59 Å². The van der Waals surface area contributed by atoms with Crippen LogP contribution in [0.3, 0.4) is 0 Å². The number of nitrogens with zero attached hydrogens (tertiary/aromatic N) is 3. The van der Waals surface area contributed by atoms with E-state index < -0.39 is 0 Å². The third-order valence-electron chi connectivity index (χ3n) is 5.61. The lowest BCUT2D eigenvalue weighted by Gasteiger charge is -2.41. The van der Waals surface area contributed by atoms with Crippen LogP contribution in [0.25, 0.3) is 0 Å². The van der Waals surface area contributed by atoms with Crippen molar-refractivity contribution in [2.75, 3.05) is 37.5 Å². The number of alkyl halides is 1. The van der Waals surface area contributed by atoms with Gasteiger partial charge >= 0.3 is 0 Å². The van der Waals surface area contributed by atoms with Crippen molar-refractivity contribution in [2.24, 2.45) is 0 Å². The summed E-state index contributed by atoms with van der Waals surface area (Å²) in [4.78, 5) is 31.3. The Morgan fingerprint density at radius 2 is 1.77 bits per heavy atom. The van der Waals surface area contributed by atoms with Crippen LogP contribution in [-0.4, -0.2) is 66.3 Å².